The van der Waals surface area contributed by atoms with E-state index in [2.05, 4.69) is 20.5 Å². The third-order valence-electron chi connectivity index (χ3n) is 3.38. The van der Waals surface area contributed by atoms with Crippen LogP contribution in [-0.4, -0.2) is 27.6 Å². The number of aromatic amines is 1. The number of fused-ring (bicyclic) bond motifs is 1. The van der Waals surface area contributed by atoms with Crippen LogP contribution in [0.1, 0.15) is 22.6 Å². The van der Waals surface area contributed by atoms with E-state index < -0.39 is 0 Å². The van der Waals surface area contributed by atoms with Gasteiger partial charge in [-0.1, -0.05) is 18.2 Å². The van der Waals surface area contributed by atoms with Gasteiger partial charge < -0.3 is 11.1 Å². The van der Waals surface area contributed by atoms with Gasteiger partial charge in [-0.05, 0) is 18.9 Å². The van der Waals surface area contributed by atoms with Crippen molar-refractivity contribution in [3.05, 3.63) is 51.4 Å². The van der Waals surface area contributed by atoms with E-state index in [-0.39, 0.29) is 17.2 Å². The topological polar surface area (TPSA) is 114 Å². The normalized spacial score (nSPS) is 10.8. The number of aryl methyl sites for hydroxylation is 1. The Hall–Kier alpha value is -2.74. The molecule has 0 radical (unpaired) electrons. The Labute approximate surface area is 135 Å². The number of nitrogens with two attached hydrogens (primary N) is 1. The van der Waals surface area contributed by atoms with Gasteiger partial charge in [0.05, 0.1) is 11.1 Å². The molecule has 2 aromatic heterocycles. The number of nitrogen functional groups attached to an aromatic ring is 1. The quantitative estimate of drug-likeness (QED) is 0.611. The lowest BCUT2D eigenvalue weighted by molar-refractivity contribution is 0.0949. The number of carbonyl (C=O) groups excluding carboxylic acids is 1. The summed E-state index contributed by atoms with van der Waals surface area (Å²) in [5.74, 6) is -0.310. The summed E-state index contributed by atoms with van der Waals surface area (Å²) in [6.07, 6.45) is 1.49. The van der Waals surface area contributed by atoms with Crippen molar-refractivity contribution in [3.8, 4) is 0 Å². The number of amides is 1. The van der Waals surface area contributed by atoms with E-state index in [0.29, 0.717) is 22.4 Å². The molecule has 23 heavy (non-hydrogen) atoms. The molecule has 2 heterocycles. The Kier molecular flexibility index (Phi) is 4.33. The zero-order chi connectivity index (χ0) is 16.2. The van der Waals surface area contributed by atoms with Crippen LogP contribution >= 0.6 is 11.3 Å². The second kappa shape index (κ2) is 6.57. The van der Waals surface area contributed by atoms with Crippen LogP contribution in [0.2, 0.25) is 0 Å². The number of thiazole rings is 1. The number of nitrogens with zero attached hydrogens (tertiary/aromatic N) is 2. The number of H-pyrrole nitrogens is 1. The number of hydrogen-bond donors (Lipinski definition) is 3. The summed E-state index contributed by atoms with van der Waals surface area (Å²) in [5, 5.41) is 12.5. The van der Waals surface area contributed by atoms with Gasteiger partial charge in [0, 0.05) is 17.3 Å². The zero-order valence-corrected chi connectivity index (χ0v) is 13.0. The molecule has 4 N–H and O–H groups in total. The number of anilines is 1. The van der Waals surface area contributed by atoms with Gasteiger partial charge >= 0.3 is 0 Å². The van der Waals surface area contributed by atoms with Crippen molar-refractivity contribution in [1.82, 2.24) is 20.5 Å². The van der Waals surface area contributed by atoms with Crippen LogP contribution in [-0.2, 0) is 6.42 Å². The molecule has 0 aliphatic heterocycles. The molecule has 0 atom stereocenters. The van der Waals surface area contributed by atoms with Crippen LogP contribution in [0.15, 0.2) is 34.4 Å². The van der Waals surface area contributed by atoms with Crippen molar-refractivity contribution >= 4 is 33.1 Å². The highest BCUT2D eigenvalue weighted by atomic mass is 32.1. The summed E-state index contributed by atoms with van der Waals surface area (Å²) in [6.45, 7) is 0.491. The lowest BCUT2D eigenvalue weighted by atomic mass is 10.1. The van der Waals surface area contributed by atoms with E-state index in [1.54, 1.807) is 24.3 Å². The van der Waals surface area contributed by atoms with Crippen molar-refractivity contribution in [2.75, 3.05) is 12.3 Å². The van der Waals surface area contributed by atoms with Crippen LogP contribution in [0, 0.1) is 0 Å². The fourth-order valence-corrected chi connectivity index (χ4v) is 2.88. The van der Waals surface area contributed by atoms with E-state index in [9.17, 15) is 9.59 Å². The first-order valence-electron chi connectivity index (χ1n) is 7.10. The minimum atomic E-state index is -0.310. The Balaban J connectivity index is 1.65. The molecule has 3 rings (SSSR count). The molecule has 0 saturated heterocycles. The standard InChI is InChI=1S/C15H15N5O2S/c16-15-18-9(8-23-15)4-3-7-17-14(22)12-10-5-1-2-6-11(10)13(21)20-19-12/h1-2,5-6,8H,3-4,7H2,(H2,16,18)(H,17,22)(H,20,21). The van der Waals surface area contributed by atoms with Crippen molar-refractivity contribution in [1.29, 1.82) is 0 Å². The van der Waals surface area contributed by atoms with Gasteiger partial charge in [0.1, 0.15) is 0 Å². The molecule has 3 aromatic rings. The first kappa shape index (κ1) is 15.2. The second-order valence-corrected chi connectivity index (χ2v) is 5.87. The number of benzene rings is 1. The van der Waals surface area contributed by atoms with E-state index in [4.69, 9.17) is 5.73 Å². The first-order valence-corrected chi connectivity index (χ1v) is 7.98. The maximum atomic E-state index is 12.3. The van der Waals surface area contributed by atoms with Crippen molar-refractivity contribution in [2.45, 2.75) is 12.8 Å². The smallest absolute Gasteiger partial charge is 0.272 e. The SMILES string of the molecule is Nc1nc(CCCNC(=O)c2n[nH]c(=O)c3ccccc23)cs1. The molecule has 0 aliphatic carbocycles. The molecule has 0 aliphatic rings. The molecular formula is C15H15N5O2S. The lowest BCUT2D eigenvalue weighted by Gasteiger charge is -2.06. The summed E-state index contributed by atoms with van der Waals surface area (Å²) in [5.41, 5.74) is 6.41. The van der Waals surface area contributed by atoms with Crippen LogP contribution in [0.5, 0.6) is 0 Å². The van der Waals surface area contributed by atoms with E-state index in [0.717, 1.165) is 18.5 Å². The number of hydrogen-bond acceptors (Lipinski definition) is 6. The van der Waals surface area contributed by atoms with Gasteiger partial charge in [0.25, 0.3) is 11.5 Å². The van der Waals surface area contributed by atoms with Gasteiger partial charge in [-0.25, -0.2) is 10.1 Å². The number of aromatic nitrogens is 3. The average Bonchev–Trinajstić information content (AvgIpc) is 2.97. The molecule has 8 heteroatoms. The number of nitrogens with one attached hydrogen (secondary N) is 2. The van der Waals surface area contributed by atoms with E-state index >= 15 is 0 Å². The van der Waals surface area contributed by atoms with Crippen LogP contribution in [0.3, 0.4) is 0 Å². The van der Waals surface area contributed by atoms with E-state index in [1.165, 1.54) is 11.3 Å². The van der Waals surface area contributed by atoms with Gasteiger partial charge in [-0.3, -0.25) is 9.59 Å². The minimum Gasteiger partial charge on any atom is -0.375 e. The molecule has 1 aromatic carbocycles. The van der Waals surface area contributed by atoms with Gasteiger partial charge in [0.15, 0.2) is 10.8 Å². The highest BCUT2D eigenvalue weighted by Crippen LogP contribution is 2.13. The van der Waals surface area contributed by atoms with Gasteiger partial charge in [-0.15, -0.1) is 11.3 Å². The van der Waals surface area contributed by atoms with E-state index in [1.807, 2.05) is 5.38 Å². The second-order valence-electron chi connectivity index (χ2n) is 4.98. The van der Waals surface area contributed by atoms with Crippen molar-refractivity contribution in [2.24, 2.45) is 0 Å². The highest BCUT2D eigenvalue weighted by Gasteiger charge is 2.13. The summed E-state index contributed by atoms with van der Waals surface area (Å²) in [6, 6.07) is 6.90. The summed E-state index contributed by atoms with van der Waals surface area (Å²) < 4.78 is 0. The Morgan fingerprint density at radius 2 is 2.09 bits per heavy atom. The predicted molar refractivity (Wildman–Crippen MR) is 89.5 cm³/mol. The summed E-state index contributed by atoms with van der Waals surface area (Å²) in [4.78, 5) is 28.1. The average molecular weight is 329 g/mol. The van der Waals surface area contributed by atoms with Gasteiger partial charge in [0.2, 0.25) is 0 Å². The molecule has 0 unspecified atom stereocenters. The Morgan fingerprint density at radius 3 is 2.83 bits per heavy atom. The monoisotopic (exact) mass is 329 g/mol. The maximum absolute atomic E-state index is 12.3. The molecule has 118 valence electrons. The van der Waals surface area contributed by atoms with Crippen LogP contribution < -0.4 is 16.6 Å². The van der Waals surface area contributed by atoms with Crippen molar-refractivity contribution in [3.63, 3.8) is 0 Å². The first-order chi connectivity index (χ1) is 11.1. The largest absolute Gasteiger partial charge is 0.375 e. The molecule has 0 saturated carbocycles. The zero-order valence-electron chi connectivity index (χ0n) is 12.2. The predicted octanol–water partition coefficient (Wildman–Crippen LogP) is 1.32. The van der Waals surface area contributed by atoms with Crippen molar-refractivity contribution < 1.29 is 4.79 Å². The number of rotatable bonds is 5. The fourth-order valence-electron chi connectivity index (χ4n) is 2.28. The van der Waals surface area contributed by atoms with Crippen LogP contribution in [0.25, 0.3) is 10.8 Å². The van der Waals surface area contributed by atoms with Gasteiger partial charge in [-0.2, -0.15) is 5.10 Å². The molecular weight excluding hydrogens is 314 g/mol. The minimum absolute atomic E-state index is 0.220. The molecule has 0 bridgehead atoms. The molecule has 7 nitrogen and oxygen atoms in total. The molecule has 1 amide bonds. The fraction of sp³-hybridized carbons (Fsp3) is 0.200. The third kappa shape index (κ3) is 3.37. The van der Waals surface area contributed by atoms with Crippen LogP contribution in [0.4, 0.5) is 5.13 Å². The summed E-state index contributed by atoms with van der Waals surface area (Å²) >= 11 is 1.40. The molecule has 0 fully saturated rings. The lowest BCUT2D eigenvalue weighted by Crippen LogP contribution is -2.27. The Morgan fingerprint density at radius 1 is 1.30 bits per heavy atom. The molecule has 0 spiro atoms. The Bertz CT molecular complexity index is 902. The highest BCUT2D eigenvalue weighted by molar-refractivity contribution is 7.13. The summed E-state index contributed by atoms with van der Waals surface area (Å²) in [7, 11) is 0. The number of carbonyl (C=O) groups is 1. The third-order valence-corrected chi connectivity index (χ3v) is 4.10. The maximum Gasteiger partial charge on any atom is 0.272 e.